The van der Waals surface area contributed by atoms with Crippen molar-refractivity contribution in [1.29, 1.82) is 0 Å². The van der Waals surface area contributed by atoms with Crippen LogP contribution >= 0.6 is 0 Å². The van der Waals surface area contributed by atoms with Crippen molar-refractivity contribution in [2.75, 3.05) is 23.4 Å². The predicted octanol–water partition coefficient (Wildman–Crippen LogP) is 4.58. The van der Waals surface area contributed by atoms with Crippen LogP contribution in [0.2, 0.25) is 0 Å². The van der Waals surface area contributed by atoms with Gasteiger partial charge in [0.15, 0.2) is 5.82 Å². The Bertz CT molecular complexity index is 1630. The number of nitrogen functional groups attached to an aromatic ring is 2. The highest BCUT2D eigenvalue weighted by molar-refractivity contribution is 5.96. The lowest BCUT2D eigenvalue weighted by Crippen LogP contribution is -2.26. The van der Waals surface area contributed by atoms with Gasteiger partial charge < -0.3 is 21.5 Å². The summed E-state index contributed by atoms with van der Waals surface area (Å²) in [5.41, 5.74) is 15.1. The number of rotatable bonds is 7. The van der Waals surface area contributed by atoms with E-state index in [0.29, 0.717) is 29.2 Å². The van der Waals surface area contributed by atoms with Crippen LogP contribution in [-0.2, 0) is 0 Å². The third-order valence-corrected chi connectivity index (χ3v) is 6.06. The summed E-state index contributed by atoms with van der Waals surface area (Å²) in [6.07, 6.45) is 4.86. The van der Waals surface area contributed by atoms with E-state index < -0.39 is 0 Å². The van der Waals surface area contributed by atoms with Gasteiger partial charge in [0, 0.05) is 23.1 Å². The second kappa shape index (κ2) is 9.98. The van der Waals surface area contributed by atoms with Crippen LogP contribution in [0.25, 0.3) is 27.6 Å². The summed E-state index contributed by atoms with van der Waals surface area (Å²) >= 11 is 0. The summed E-state index contributed by atoms with van der Waals surface area (Å²) in [5, 5.41) is 4.68. The number of para-hydroxylation sites is 1. The van der Waals surface area contributed by atoms with Crippen LogP contribution in [0.3, 0.4) is 0 Å². The molecule has 5 rings (SSSR count). The molecule has 0 spiro atoms. The van der Waals surface area contributed by atoms with E-state index in [4.69, 9.17) is 16.2 Å². The molecule has 9 nitrogen and oxygen atoms in total. The minimum atomic E-state index is -0.347. The van der Waals surface area contributed by atoms with E-state index in [1.165, 1.54) is 6.20 Å². The van der Waals surface area contributed by atoms with Crippen molar-refractivity contribution in [2.24, 2.45) is 0 Å². The largest absolute Gasteiger partial charge is 0.492 e. The van der Waals surface area contributed by atoms with E-state index in [2.05, 4.69) is 20.3 Å². The molecule has 0 aliphatic carbocycles. The number of hydrogen-bond acceptors (Lipinski definition) is 8. The second-order valence-electron chi connectivity index (χ2n) is 8.56. The van der Waals surface area contributed by atoms with E-state index in [9.17, 15) is 4.79 Å². The summed E-state index contributed by atoms with van der Waals surface area (Å²) in [7, 11) is 0. The molecule has 0 radical (unpaired) electrons. The first-order valence-corrected chi connectivity index (χ1v) is 11.9. The lowest BCUT2D eigenvalue weighted by Gasteiger charge is -2.22. The second-order valence-corrected chi connectivity index (χ2v) is 8.56. The molecule has 0 fully saturated rings. The minimum Gasteiger partial charge on any atom is -0.492 e. The molecule has 0 amide bonds. The average Bonchev–Trinajstić information content (AvgIpc) is 2.91. The average molecular weight is 494 g/mol. The van der Waals surface area contributed by atoms with Crippen LogP contribution in [0.15, 0.2) is 84.0 Å². The van der Waals surface area contributed by atoms with Gasteiger partial charge in [-0.2, -0.15) is 4.98 Å². The number of anilines is 3. The van der Waals surface area contributed by atoms with Crippen LogP contribution in [-0.4, -0.2) is 26.1 Å². The van der Waals surface area contributed by atoms with Gasteiger partial charge in [-0.3, -0.25) is 14.3 Å². The molecule has 0 unspecified atom stereocenters. The molecule has 0 aliphatic heterocycles. The number of benzene rings is 2. The number of nitrogens with one attached hydrogen (secondary N) is 1. The standard InChI is InChI=1S/C28H27N7O2/c1-3-37-21-12-19(14-31-15-21)22-11-7-8-18-13-24(17(2)33-26-23(29)16-32-28(30)34-26)35(27(36)25(18)22)20-9-5-4-6-10-20/h4-17H,3,29H2,1-2H3,(H3,30,32,33,34)/t17-/m0/s1. The molecule has 0 saturated carbocycles. The van der Waals surface area contributed by atoms with Crippen LogP contribution in [0, 0.1) is 0 Å². The Hall–Kier alpha value is -4.92. The molecule has 5 aromatic rings. The molecule has 0 aliphatic rings. The Morgan fingerprint density at radius 1 is 1.03 bits per heavy atom. The predicted molar refractivity (Wildman–Crippen MR) is 147 cm³/mol. The molecule has 0 saturated heterocycles. The summed E-state index contributed by atoms with van der Waals surface area (Å²) in [5.74, 6) is 1.16. The van der Waals surface area contributed by atoms with Gasteiger partial charge in [-0.25, -0.2) is 4.98 Å². The van der Waals surface area contributed by atoms with Crippen LogP contribution in [0.5, 0.6) is 5.75 Å². The molecule has 2 aromatic carbocycles. The van der Waals surface area contributed by atoms with Gasteiger partial charge in [-0.1, -0.05) is 36.4 Å². The fraction of sp³-hybridized carbons (Fsp3) is 0.143. The van der Waals surface area contributed by atoms with Crippen molar-refractivity contribution in [3.8, 4) is 22.6 Å². The van der Waals surface area contributed by atoms with Crippen LogP contribution in [0.1, 0.15) is 25.6 Å². The lowest BCUT2D eigenvalue weighted by molar-refractivity contribution is 0.339. The zero-order valence-electron chi connectivity index (χ0n) is 20.6. The van der Waals surface area contributed by atoms with Crippen molar-refractivity contribution in [2.45, 2.75) is 19.9 Å². The van der Waals surface area contributed by atoms with Crippen molar-refractivity contribution < 1.29 is 4.74 Å². The van der Waals surface area contributed by atoms with Crippen molar-refractivity contribution >= 4 is 28.2 Å². The van der Waals surface area contributed by atoms with Gasteiger partial charge >= 0.3 is 0 Å². The quantitative estimate of drug-likeness (QED) is 0.300. The molecule has 186 valence electrons. The SMILES string of the molecule is CCOc1cncc(-c2cccc3cc([C@H](C)Nc4nc(N)ncc4N)n(-c4ccccc4)c(=O)c23)c1. The van der Waals surface area contributed by atoms with Gasteiger partial charge in [0.25, 0.3) is 5.56 Å². The smallest absolute Gasteiger partial charge is 0.263 e. The first-order valence-electron chi connectivity index (χ1n) is 11.9. The first-order chi connectivity index (χ1) is 18.0. The normalized spacial score (nSPS) is 11.8. The van der Waals surface area contributed by atoms with Crippen molar-refractivity contribution in [3.05, 3.63) is 95.3 Å². The van der Waals surface area contributed by atoms with Gasteiger partial charge in [0.1, 0.15) is 5.75 Å². The summed E-state index contributed by atoms with van der Waals surface area (Å²) in [4.78, 5) is 26.7. The number of nitrogens with zero attached hydrogens (tertiary/aromatic N) is 4. The van der Waals surface area contributed by atoms with Crippen molar-refractivity contribution in [1.82, 2.24) is 19.5 Å². The third-order valence-electron chi connectivity index (χ3n) is 6.06. The molecular formula is C28H27N7O2. The summed E-state index contributed by atoms with van der Waals surface area (Å²) < 4.78 is 7.36. The minimum absolute atomic E-state index is 0.107. The zero-order valence-corrected chi connectivity index (χ0v) is 20.6. The Labute approximate surface area is 213 Å². The Balaban J connectivity index is 1.73. The maximum atomic E-state index is 14.2. The molecule has 9 heteroatoms. The molecule has 0 bridgehead atoms. The van der Waals surface area contributed by atoms with E-state index in [0.717, 1.165) is 27.9 Å². The van der Waals surface area contributed by atoms with Crippen LogP contribution < -0.4 is 27.1 Å². The molecule has 3 heterocycles. The van der Waals surface area contributed by atoms with E-state index in [1.807, 2.05) is 74.5 Å². The fourth-order valence-corrected chi connectivity index (χ4v) is 4.40. The molecular weight excluding hydrogens is 466 g/mol. The van der Waals surface area contributed by atoms with Gasteiger partial charge in [-0.05, 0) is 49.1 Å². The number of pyridine rings is 2. The molecule has 1 atom stereocenters. The molecule has 3 aromatic heterocycles. The third kappa shape index (κ3) is 4.66. The van der Waals surface area contributed by atoms with E-state index in [1.54, 1.807) is 17.0 Å². The molecule has 37 heavy (non-hydrogen) atoms. The lowest BCUT2D eigenvalue weighted by atomic mass is 9.98. The first kappa shape index (κ1) is 23.8. The van der Waals surface area contributed by atoms with E-state index in [-0.39, 0.29) is 17.5 Å². The molecule has 5 N–H and O–H groups in total. The number of ether oxygens (including phenoxy) is 1. The highest BCUT2D eigenvalue weighted by Gasteiger charge is 2.20. The van der Waals surface area contributed by atoms with Gasteiger partial charge in [0.05, 0.1) is 36.1 Å². The van der Waals surface area contributed by atoms with Gasteiger partial charge in [-0.15, -0.1) is 0 Å². The van der Waals surface area contributed by atoms with Crippen LogP contribution in [0.4, 0.5) is 17.5 Å². The maximum absolute atomic E-state index is 14.2. The maximum Gasteiger partial charge on any atom is 0.263 e. The Kier molecular flexibility index (Phi) is 6.42. The van der Waals surface area contributed by atoms with Crippen molar-refractivity contribution in [3.63, 3.8) is 0 Å². The zero-order chi connectivity index (χ0) is 25.9. The monoisotopic (exact) mass is 493 g/mol. The van der Waals surface area contributed by atoms with E-state index >= 15 is 0 Å². The topological polar surface area (TPSA) is 134 Å². The number of aromatic nitrogens is 4. The number of hydrogen-bond donors (Lipinski definition) is 3. The van der Waals surface area contributed by atoms with Gasteiger partial charge in [0.2, 0.25) is 5.95 Å². The Morgan fingerprint density at radius 2 is 1.84 bits per heavy atom. The summed E-state index contributed by atoms with van der Waals surface area (Å²) in [6.45, 7) is 4.39. The number of nitrogens with two attached hydrogens (primary N) is 2. The fourth-order valence-electron chi connectivity index (χ4n) is 4.40. The highest BCUT2D eigenvalue weighted by Crippen LogP contribution is 2.31. The number of fused-ring (bicyclic) bond motifs is 1. The highest BCUT2D eigenvalue weighted by atomic mass is 16.5. The summed E-state index contributed by atoms with van der Waals surface area (Å²) in [6, 6.07) is 18.9. The Morgan fingerprint density at radius 3 is 2.62 bits per heavy atom.